The van der Waals surface area contributed by atoms with E-state index in [9.17, 15) is 9.18 Å². The first-order chi connectivity index (χ1) is 10.7. The molecule has 1 aliphatic rings. The molecule has 0 unspecified atom stereocenters. The van der Waals surface area contributed by atoms with E-state index in [1.54, 1.807) is 30.5 Å². The predicted molar refractivity (Wildman–Crippen MR) is 83.3 cm³/mol. The van der Waals surface area contributed by atoms with Gasteiger partial charge in [-0.15, -0.1) is 0 Å². The summed E-state index contributed by atoms with van der Waals surface area (Å²) in [5, 5.41) is 2.87. The largest absolute Gasteiger partial charge is 0.356 e. The van der Waals surface area contributed by atoms with Crippen molar-refractivity contribution in [3.8, 4) is 0 Å². The van der Waals surface area contributed by atoms with Crippen LogP contribution in [-0.4, -0.2) is 24.0 Å². The molecule has 2 aromatic rings. The van der Waals surface area contributed by atoms with Crippen molar-refractivity contribution in [1.29, 1.82) is 0 Å². The van der Waals surface area contributed by atoms with Gasteiger partial charge in [0.25, 0.3) is 5.91 Å². The normalized spacial score (nSPS) is 14.1. The van der Waals surface area contributed by atoms with Crippen molar-refractivity contribution in [2.24, 2.45) is 0 Å². The molecule has 1 saturated heterocycles. The topological polar surface area (TPSA) is 45.2 Å². The first-order valence-corrected chi connectivity index (χ1v) is 7.46. The molecule has 4 nitrogen and oxygen atoms in total. The Hall–Kier alpha value is -2.43. The number of amides is 1. The Morgan fingerprint density at radius 2 is 1.91 bits per heavy atom. The second-order valence-corrected chi connectivity index (χ2v) is 5.38. The lowest BCUT2D eigenvalue weighted by atomic mass is 10.2. The summed E-state index contributed by atoms with van der Waals surface area (Å²) < 4.78 is 12.9. The standard InChI is InChI=1S/C17H18FN3O/c18-14-7-5-13(6-8-14)12-20-17(22)15-4-3-9-19-16(15)21-10-1-2-11-21/h3-9H,1-2,10-12H2,(H,20,22). The fraction of sp³-hybridized carbons (Fsp3) is 0.294. The van der Waals surface area contributed by atoms with E-state index in [1.165, 1.54) is 12.1 Å². The lowest BCUT2D eigenvalue weighted by Gasteiger charge is -2.19. The average Bonchev–Trinajstić information content (AvgIpc) is 3.08. The zero-order valence-electron chi connectivity index (χ0n) is 12.3. The molecule has 0 aliphatic carbocycles. The van der Waals surface area contributed by atoms with Crippen LogP contribution < -0.4 is 10.2 Å². The van der Waals surface area contributed by atoms with Gasteiger partial charge in [0.2, 0.25) is 0 Å². The fourth-order valence-corrected chi connectivity index (χ4v) is 2.63. The smallest absolute Gasteiger partial charge is 0.255 e. The molecule has 0 atom stereocenters. The van der Waals surface area contributed by atoms with Crippen LogP contribution in [0.1, 0.15) is 28.8 Å². The number of halogens is 1. The number of rotatable bonds is 4. The van der Waals surface area contributed by atoms with E-state index >= 15 is 0 Å². The molecule has 1 N–H and O–H groups in total. The van der Waals surface area contributed by atoms with Crippen LogP contribution in [0.15, 0.2) is 42.6 Å². The number of pyridine rings is 1. The minimum absolute atomic E-state index is 0.153. The molecule has 22 heavy (non-hydrogen) atoms. The molecule has 1 aromatic carbocycles. The van der Waals surface area contributed by atoms with E-state index in [0.29, 0.717) is 12.1 Å². The molecule has 0 spiro atoms. The predicted octanol–water partition coefficient (Wildman–Crippen LogP) is 2.75. The third-order valence-corrected chi connectivity index (χ3v) is 3.80. The Kier molecular flexibility index (Phi) is 4.32. The molecule has 1 fully saturated rings. The molecule has 1 amide bonds. The van der Waals surface area contributed by atoms with Gasteiger partial charge in [-0.1, -0.05) is 12.1 Å². The highest BCUT2D eigenvalue weighted by Gasteiger charge is 2.20. The molecule has 0 bridgehead atoms. The highest BCUT2D eigenvalue weighted by atomic mass is 19.1. The van der Waals surface area contributed by atoms with Gasteiger partial charge in [-0.05, 0) is 42.7 Å². The van der Waals surface area contributed by atoms with Crippen LogP contribution in [0.2, 0.25) is 0 Å². The summed E-state index contributed by atoms with van der Waals surface area (Å²) >= 11 is 0. The van der Waals surface area contributed by atoms with Crippen LogP contribution in [0.4, 0.5) is 10.2 Å². The summed E-state index contributed by atoms with van der Waals surface area (Å²) in [6.07, 6.45) is 3.98. The minimum atomic E-state index is -0.279. The van der Waals surface area contributed by atoms with Gasteiger partial charge in [0, 0.05) is 25.8 Å². The highest BCUT2D eigenvalue weighted by molar-refractivity contribution is 5.98. The molecular formula is C17H18FN3O. The zero-order valence-corrected chi connectivity index (χ0v) is 12.3. The van der Waals surface area contributed by atoms with Gasteiger partial charge in [0.1, 0.15) is 11.6 Å². The second-order valence-electron chi connectivity index (χ2n) is 5.38. The third-order valence-electron chi connectivity index (χ3n) is 3.80. The lowest BCUT2D eigenvalue weighted by Crippen LogP contribution is -2.27. The first-order valence-electron chi connectivity index (χ1n) is 7.46. The highest BCUT2D eigenvalue weighted by Crippen LogP contribution is 2.21. The summed E-state index contributed by atoms with van der Waals surface area (Å²) in [5.74, 6) is 0.314. The number of benzene rings is 1. The van der Waals surface area contributed by atoms with Crippen LogP contribution in [-0.2, 0) is 6.54 Å². The molecule has 5 heteroatoms. The van der Waals surface area contributed by atoms with Crippen molar-refractivity contribution in [2.45, 2.75) is 19.4 Å². The fourth-order valence-electron chi connectivity index (χ4n) is 2.63. The van der Waals surface area contributed by atoms with Crippen molar-refractivity contribution < 1.29 is 9.18 Å². The number of aromatic nitrogens is 1. The van der Waals surface area contributed by atoms with Gasteiger partial charge in [-0.3, -0.25) is 4.79 Å². The average molecular weight is 299 g/mol. The Morgan fingerprint density at radius 1 is 1.18 bits per heavy atom. The van der Waals surface area contributed by atoms with Crippen LogP contribution in [0.25, 0.3) is 0 Å². The molecule has 1 aromatic heterocycles. The SMILES string of the molecule is O=C(NCc1ccc(F)cc1)c1cccnc1N1CCCC1. The number of nitrogens with zero attached hydrogens (tertiary/aromatic N) is 2. The molecule has 114 valence electrons. The van der Waals surface area contributed by atoms with E-state index in [-0.39, 0.29) is 11.7 Å². The first kappa shape index (κ1) is 14.5. The number of carbonyl (C=O) groups is 1. The number of carbonyl (C=O) groups excluding carboxylic acids is 1. The number of hydrogen-bond acceptors (Lipinski definition) is 3. The zero-order chi connectivity index (χ0) is 15.4. The van der Waals surface area contributed by atoms with Gasteiger partial charge in [-0.2, -0.15) is 0 Å². The molecule has 2 heterocycles. The number of nitrogens with one attached hydrogen (secondary N) is 1. The molecule has 1 aliphatic heterocycles. The third kappa shape index (κ3) is 3.24. The van der Waals surface area contributed by atoms with Crippen molar-refractivity contribution in [1.82, 2.24) is 10.3 Å². The maximum atomic E-state index is 12.9. The Balaban J connectivity index is 1.70. The lowest BCUT2D eigenvalue weighted by molar-refractivity contribution is 0.0951. The monoisotopic (exact) mass is 299 g/mol. The van der Waals surface area contributed by atoms with Gasteiger partial charge in [0.05, 0.1) is 5.56 Å². The minimum Gasteiger partial charge on any atom is -0.356 e. The summed E-state index contributed by atoms with van der Waals surface area (Å²) in [4.78, 5) is 18.9. The van der Waals surface area contributed by atoms with Crippen LogP contribution in [0.5, 0.6) is 0 Å². The summed E-state index contributed by atoms with van der Waals surface area (Å²) in [6, 6.07) is 9.68. The Morgan fingerprint density at radius 3 is 2.64 bits per heavy atom. The van der Waals surface area contributed by atoms with E-state index < -0.39 is 0 Å². The Bertz CT molecular complexity index is 651. The van der Waals surface area contributed by atoms with Crippen molar-refractivity contribution in [3.63, 3.8) is 0 Å². The van der Waals surface area contributed by atoms with E-state index in [1.807, 2.05) is 0 Å². The second kappa shape index (κ2) is 6.56. The summed E-state index contributed by atoms with van der Waals surface area (Å²) in [7, 11) is 0. The molecule has 0 saturated carbocycles. The van der Waals surface area contributed by atoms with Gasteiger partial charge < -0.3 is 10.2 Å². The molecule has 3 rings (SSSR count). The van der Waals surface area contributed by atoms with Gasteiger partial charge in [-0.25, -0.2) is 9.37 Å². The summed E-state index contributed by atoms with van der Waals surface area (Å²) in [6.45, 7) is 2.25. The van der Waals surface area contributed by atoms with E-state index in [0.717, 1.165) is 37.3 Å². The maximum absolute atomic E-state index is 12.9. The maximum Gasteiger partial charge on any atom is 0.255 e. The van der Waals surface area contributed by atoms with E-state index in [2.05, 4.69) is 15.2 Å². The summed E-state index contributed by atoms with van der Waals surface area (Å²) in [5.41, 5.74) is 1.45. The molecular weight excluding hydrogens is 281 g/mol. The van der Waals surface area contributed by atoms with Crippen molar-refractivity contribution >= 4 is 11.7 Å². The Labute approximate surface area is 129 Å². The van der Waals surface area contributed by atoms with E-state index in [4.69, 9.17) is 0 Å². The van der Waals surface area contributed by atoms with Gasteiger partial charge >= 0.3 is 0 Å². The van der Waals surface area contributed by atoms with Gasteiger partial charge in [0.15, 0.2) is 0 Å². The van der Waals surface area contributed by atoms with Crippen LogP contribution >= 0.6 is 0 Å². The van der Waals surface area contributed by atoms with Crippen LogP contribution in [0, 0.1) is 5.82 Å². The number of anilines is 1. The van der Waals surface area contributed by atoms with Crippen molar-refractivity contribution in [2.75, 3.05) is 18.0 Å². The van der Waals surface area contributed by atoms with Crippen molar-refractivity contribution in [3.05, 3.63) is 59.5 Å². The number of hydrogen-bond donors (Lipinski definition) is 1. The quantitative estimate of drug-likeness (QED) is 0.944. The van der Waals surface area contributed by atoms with Crippen LogP contribution in [0.3, 0.4) is 0 Å². The molecule has 0 radical (unpaired) electrons.